The number of rotatable bonds is 3. The third-order valence-electron chi connectivity index (χ3n) is 3.41. The van der Waals surface area contributed by atoms with Gasteiger partial charge in [0.25, 0.3) is 0 Å². The SMILES string of the molecule is C[C@@H](N)[C@H]1CCCCN1C(=O)Cc1ccsc1. The van der Waals surface area contributed by atoms with Crippen LogP contribution in [0, 0.1) is 0 Å². The second-order valence-corrected chi connectivity index (χ2v) is 5.60. The Bertz CT molecular complexity index is 362. The fourth-order valence-corrected chi connectivity index (χ4v) is 3.15. The van der Waals surface area contributed by atoms with Crippen molar-refractivity contribution in [2.75, 3.05) is 6.54 Å². The lowest BCUT2D eigenvalue weighted by Gasteiger charge is -2.38. The van der Waals surface area contributed by atoms with Gasteiger partial charge in [-0.1, -0.05) is 0 Å². The molecule has 0 radical (unpaired) electrons. The molecule has 94 valence electrons. The highest BCUT2D eigenvalue weighted by molar-refractivity contribution is 7.07. The predicted octanol–water partition coefficient (Wildman–Crippen LogP) is 2.02. The summed E-state index contributed by atoms with van der Waals surface area (Å²) < 4.78 is 0. The van der Waals surface area contributed by atoms with E-state index in [1.165, 1.54) is 6.42 Å². The van der Waals surface area contributed by atoms with Crippen molar-refractivity contribution in [3.05, 3.63) is 22.4 Å². The van der Waals surface area contributed by atoms with Crippen molar-refractivity contribution < 1.29 is 4.79 Å². The predicted molar refractivity (Wildman–Crippen MR) is 71.0 cm³/mol. The molecular weight excluding hydrogens is 232 g/mol. The number of amides is 1. The zero-order chi connectivity index (χ0) is 12.3. The van der Waals surface area contributed by atoms with Gasteiger partial charge in [-0.25, -0.2) is 0 Å². The lowest BCUT2D eigenvalue weighted by atomic mass is 9.96. The fraction of sp³-hybridized carbons (Fsp3) is 0.615. The molecule has 17 heavy (non-hydrogen) atoms. The summed E-state index contributed by atoms with van der Waals surface area (Å²) >= 11 is 1.64. The van der Waals surface area contributed by atoms with Crippen molar-refractivity contribution in [1.29, 1.82) is 0 Å². The van der Waals surface area contributed by atoms with Crippen LogP contribution in [0.5, 0.6) is 0 Å². The standard InChI is InChI=1S/C13H20N2OS/c1-10(14)12-4-2-3-6-15(12)13(16)8-11-5-7-17-9-11/h5,7,9-10,12H,2-4,6,8,14H2,1H3/t10-,12-/m1/s1. The summed E-state index contributed by atoms with van der Waals surface area (Å²) in [5, 5.41) is 4.06. The Hall–Kier alpha value is -0.870. The molecule has 0 saturated carbocycles. The van der Waals surface area contributed by atoms with E-state index in [9.17, 15) is 4.79 Å². The summed E-state index contributed by atoms with van der Waals surface area (Å²) in [6.07, 6.45) is 3.87. The van der Waals surface area contributed by atoms with E-state index in [0.717, 1.165) is 24.9 Å². The van der Waals surface area contributed by atoms with Gasteiger partial charge in [-0.15, -0.1) is 0 Å². The minimum Gasteiger partial charge on any atom is -0.338 e. The summed E-state index contributed by atoms with van der Waals surface area (Å²) in [6.45, 7) is 2.87. The molecule has 1 aromatic rings. The van der Waals surface area contributed by atoms with Gasteiger partial charge >= 0.3 is 0 Å². The van der Waals surface area contributed by atoms with Crippen LogP contribution < -0.4 is 5.73 Å². The van der Waals surface area contributed by atoms with E-state index < -0.39 is 0 Å². The summed E-state index contributed by atoms with van der Waals surface area (Å²) in [7, 11) is 0. The second kappa shape index (κ2) is 5.65. The summed E-state index contributed by atoms with van der Waals surface area (Å²) in [6, 6.07) is 2.32. The number of piperidine rings is 1. The molecule has 1 fully saturated rings. The molecule has 2 heterocycles. The molecule has 4 heteroatoms. The maximum atomic E-state index is 12.3. The number of nitrogens with two attached hydrogens (primary N) is 1. The molecule has 0 aliphatic carbocycles. The van der Waals surface area contributed by atoms with Gasteiger partial charge in [0.1, 0.15) is 0 Å². The summed E-state index contributed by atoms with van der Waals surface area (Å²) in [5.41, 5.74) is 7.10. The number of carbonyl (C=O) groups excluding carboxylic acids is 1. The van der Waals surface area contributed by atoms with Crippen molar-refractivity contribution in [3.63, 3.8) is 0 Å². The van der Waals surface area contributed by atoms with Gasteiger partial charge < -0.3 is 10.6 Å². The lowest BCUT2D eigenvalue weighted by Crippen LogP contribution is -2.52. The van der Waals surface area contributed by atoms with Crippen LogP contribution in [0.4, 0.5) is 0 Å². The third-order valence-corrected chi connectivity index (χ3v) is 4.14. The number of hydrogen-bond donors (Lipinski definition) is 1. The van der Waals surface area contributed by atoms with Crippen LogP contribution in [-0.4, -0.2) is 29.4 Å². The number of nitrogens with zero attached hydrogens (tertiary/aromatic N) is 1. The van der Waals surface area contributed by atoms with Gasteiger partial charge in [-0.3, -0.25) is 4.79 Å². The maximum Gasteiger partial charge on any atom is 0.227 e. The van der Waals surface area contributed by atoms with Crippen LogP contribution in [-0.2, 0) is 11.2 Å². The van der Waals surface area contributed by atoms with E-state index >= 15 is 0 Å². The number of carbonyl (C=O) groups is 1. The fourth-order valence-electron chi connectivity index (χ4n) is 2.48. The Morgan fingerprint density at radius 2 is 2.47 bits per heavy atom. The number of hydrogen-bond acceptors (Lipinski definition) is 3. The Balaban J connectivity index is 2.01. The first kappa shape index (κ1) is 12.6. The molecule has 1 saturated heterocycles. The van der Waals surface area contributed by atoms with Crippen LogP contribution in [0.15, 0.2) is 16.8 Å². The van der Waals surface area contributed by atoms with Crippen molar-refractivity contribution in [2.45, 2.75) is 44.7 Å². The first-order valence-corrected chi connectivity index (χ1v) is 7.19. The van der Waals surface area contributed by atoms with Crippen LogP contribution in [0.2, 0.25) is 0 Å². The molecule has 1 aromatic heterocycles. The minimum absolute atomic E-state index is 0.0710. The Labute approximate surface area is 107 Å². The maximum absolute atomic E-state index is 12.3. The van der Waals surface area contributed by atoms with Gasteiger partial charge in [0, 0.05) is 18.6 Å². The van der Waals surface area contributed by atoms with E-state index in [1.807, 2.05) is 28.7 Å². The van der Waals surface area contributed by atoms with Gasteiger partial charge in [0.15, 0.2) is 0 Å². The number of thiophene rings is 1. The summed E-state index contributed by atoms with van der Waals surface area (Å²) in [4.78, 5) is 14.2. The molecule has 2 rings (SSSR count). The second-order valence-electron chi connectivity index (χ2n) is 4.82. The smallest absolute Gasteiger partial charge is 0.227 e. The quantitative estimate of drug-likeness (QED) is 0.894. The van der Waals surface area contributed by atoms with E-state index in [0.29, 0.717) is 6.42 Å². The van der Waals surface area contributed by atoms with E-state index in [-0.39, 0.29) is 18.0 Å². The molecule has 2 N–H and O–H groups in total. The molecule has 3 nitrogen and oxygen atoms in total. The highest BCUT2D eigenvalue weighted by Gasteiger charge is 2.28. The first-order valence-electron chi connectivity index (χ1n) is 6.24. The first-order chi connectivity index (χ1) is 8.18. The largest absolute Gasteiger partial charge is 0.338 e. The molecule has 1 aliphatic rings. The van der Waals surface area contributed by atoms with Gasteiger partial charge in [0.05, 0.1) is 6.42 Å². The Morgan fingerprint density at radius 1 is 1.65 bits per heavy atom. The van der Waals surface area contributed by atoms with Crippen molar-refractivity contribution in [2.24, 2.45) is 5.73 Å². The molecule has 1 amide bonds. The monoisotopic (exact) mass is 252 g/mol. The topological polar surface area (TPSA) is 46.3 Å². The highest BCUT2D eigenvalue weighted by atomic mass is 32.1. The Kier molecular flexibility index (Phi) is 4.18. The normalized spacial score (nSPS) is 22.5. The van der Waals surface area contributed by atoms with Crippen LogP contribution >= 0.6 is 11.3 Å². The van der Waals surface area contributed by atoms with Crippen molar-refractivity contribution >= 4 is 17.2 Å². The van der Waals surface area contributed by atoms with Gasteiger partial charge in [-0.05, 0) is 48.6 Å². The zero-order valence-electron chi connectivity index (χ0n) is 10.3. The van der Waals surface area contributed by atoms with Crippen LogP contribution in [0.3, 0.4) is 0 Å². The minimum atomic E-state index is 0.0710. The van der Waals surface area contributed by atoms with Crippen molar-refractivity contribution in [3.8, 4) is 0 Å². The molecule has 2 atom stereocenters. The average molecular weight is 252 g/mol. The lowest BCUT2D eigenvalue weighted by molar-refractivity contribution is -0.134. The highest BCUT2D eigenvalue weighted by Crippen LogP contribution is 2.20. The molecule has 0 bridgehead atoms. The molecule has 0 unspecified atom stereocenters. The van der Waals surface area contributed by atoms with E-state index in [2.05, 4.69) is 0 Å². The van der Waals surface area contributed by atoms with Crippen LogP contribution in [0.25, 0.3) is 0 Å². The third kappa shape index (κ3) is 3.07. The van der Waals surface area contributed by atoms with Gasteiger partial charge in [0.2, 0.25) is 5.91 Å². The average Bonchev–Trinajstić information content (AvgIpc) is 2.81. The summed E-state index contributed by atoms with van der Waals surface area (Å²) in [5.74, 6) is 0.227. The Morgan fingerprint density at radius 3 is 3.12 bits per heavy atom. The molecular formula is C13H20N2OS. The van der Waals surface area contributed by atoms with Crippen molar-refractivity contribution in [1.82, 2.24) is 4.90 Å². The van der Waals surface area contributed by atoms with Gasteiger partial charge in [-0.2, -0.15) is 11.3 Å². The van der Waals surface area contributed by atoms with E-state index in [4.69, 9.17) is 5.73 Å². The molecule has 0 spiro atoms. The zero-order valence-corrected chi connectivity index (χ0v) is 11.1. The van der Waals surface area contributed by atoms with Crippen LogP contribution in [0.1, 0.15) is 31.7 Å². The number of likely N-dealkylation sites (tertiary alicyclic amines) is 1. The van der Waals surface area contributed by atoms with E-state index in [1.54, 1.807) is 11.3 Å². The molecule has 1 aliphatic heterocycles. The molecule has 0 aromatic carbocycles.